The summed E-state index contributed by atoms with van der Waals surface area (Å²) in [6, 6.07) is 11.7. The maximum Gasteiger partial charge on any atom is 0.293 e. The van der Waals surface area contributed by atoms with Gasteiger partial charge >= 0.3 is 0 Å². The zero-order chi connectivity index (χ0) is 19.6. The minimum Gasteiger partial charge on any atom is -0.507 e. The molecule has 1 heterocycles. The topological polar surface area (TPSA) is 84.9 Å². The van der Waals surface area contributed by atoms with Gasteiger partial charge in [0.2, 0.25) is 0 Å². The van der Waals surface area contributed by atoms with Crippen molar-refractivity contribution < 1.29 is 24.2 Å². The molecule has 1 saturated heterocycles. The van der Waals surface area contributed by atoms with Gasteiger partial charge in [0.15, 0.2) is 11.5 Å². The number of nitrogens with one attached hydrogen (secondary N) is 1. The van der Waals surface area contributed by atoms with Crippen molar-refractivity contribution in [2.45, 2.75) is 19.4 Å². The van der Waals surface area contributed by atoms with Crippen molar-refractivity contribution in [2.75, 3.05) is 14.2 Å². The molecule has 1 aliphatic heterocycles. The third-order valence-corrected chi connectivity index (χ3v) is 4.65. The molecule has 2 N–H and O–H groups in total. The number of ether oxygens (including phenoxy) is 2. The number of rotatable bonds is 5. The lowest BCUT2D eigenvalue weighted by molar-refractivity contribution is -0.133. The number of aliphatic hydroxyl groups is 1. The van der Waals surface area contributed by atoms with Crippen LogP contribution in [0.1, 0.15) is 29.7 Å². The Hall–Kier alpha value is -3.28. The summed E-state index contributed by atoms with van der Waals surface area (Å²) in [4.78, 5) is 24.4. The predicted molar refractivity (Wildman–Crippen MR) is 101 cm³/mol. The Morgan fingerprint density at radius 1 is 1.04 bits per heavy atom. The maximum absolute atomic E-state index is 12.4. The molecule has 0 aromatic heterocycles. The fraction of sp³-hybridized carbons (Fsp3) is 0.238. The van der Waals surface area contributed by atoms with Gasteiger partial charge in [-0.1, -0.05) is 31.2 Å². The predicted octanol–water partition coefficient (Wildman–Crippen LogP) is 2.98. The second-order valence-corrected chi connectivity index (χ2v) is 6.16. The first-order chi connectivity index (χ1) is 13.0. The molecule has 2 aromatic rings. The van der Waals surface area contributed by atoms with Crippen LogP contribution in [-0.4, -0.2) is 31.0 Å². The number of Topliss-reactive ketones (excluding diaryl/α,β-unsaturated/α-hetero) is 1. The van der Waals surface area contributed by atoms with Crippen molar-refractivity contribution >= 4 is 17.4 Å². The number of aryl methyl sites for hydroxylation is 1. The smallest absolute Gasteiger partial charge is 0.293 e. The molecule has 6 nitrogen and oxygen atoms in total. The van der Waals surface area contributed by atoms with Crippen molar-refractivity contribution in [1.82, 2.24) is 5.32 Å². The van der Waals surface area contributed by atoms with Crippen molar-refractivity contribution in [1.29, 1.82) is 0 Å². The molecule has 0 spiro atoms. The van der Waals surface area contributed by atoms with E-state index in [1.807, 2.05) is 31.2 Å². The summed E-state index contributed by atoms with van der Waals surface area (Å²) in [5.74, 6) is -0.828. The van der Waals surface area contributed by atoms with E-state index in [1.54, 1.807) is 18.2 Å². The van der Waals surface area contributed by atoms with Gasteiger partial charge in [-0.25, -0.2) is 0 Å². The summed E-state index contributed by atoms with van der Waals surface area (Å²) in [6.45, 7) is 2.05. The number of hydrogen-bond donors (Lipinski definition) is 2. The Bertz CT molecular complexity index is 915. The van der Waals surface area contributed by atoms with Crippen LogP contribution in [0.25, 0.3) is 5.76 Å². The Morgan fingerprint density at radius 3 is 2.30 bits per heavy atom. The van der Waals surface area contributed by atoms with Gasteiger partial charge in [-0.05, 0) is 35.7 Å². The molecule has 27 heavy (non-hydrogen) atoms. The number of ketones is 1. The second-order valence-electron chi connectivity index (χ2n) is 6.16. The van der Waals surface area contributed by atoms with Crippen molar-refractivity contribution in [3.8, 4) is 11.5 Å². The summed E-state index contributed by atoms with van der Waals surface area (Å²) in [5, 5.41) is 13.4. The number of methoxy groups -OCH3 is 2. The van der Waals surface area contributed by atoms with Crippen LogP contribution in [0.15, 0.2) is 48.0 Å². The largest absolute Gasteiger partial charge is 0.507 e. The molecule has 0 radical (unpaired) electrons. The highest BCUT2D eigenvalue weighted by molar-refractivity contribution is 6.46. The monoisotopic (exact) mass is 367 g/mol. The van der Waals surface area contributed by atoms with E-state index in [9.17, 15) is 14.7 Å². The molecular weight excluding hydrogens is 346 g/mol. The summed E-state index contributed by atoms with van der Waals surface area (Å²) in [6.07, 6.45) is 0.885. The van der Waals surface area contributed by atoms with Gasteiger partial charge in [-0.2, -0.15) is 0 Å². The van der Waals surface area contributed by atoms with E-state index in [0.29, 0.717) is 17.1 Å². The summed E-state index contributed by atoms with van der Waals surface area (Å²) < 4.78 is 10.4. The first-order valence-corrected chi connectivity index (χ1v) is 8.59. The first kappa shape index (κ1) is 18.5. The molecule has 2 aromatic carbocycles. The average Bonchev–Trinajstić information content (AvgIpc) is 3.01. The Balaban J connectivity index is 2.08. The molecule has 1 fully saturated rings. The third kappa shape index (κ3) is 3.38. The molecule has 140 valence electrons. The zero-order valence-corrected chi connectivity index (χ0v) is 15.4. The van der Waals surface area contributed by atoms with E-state index >= 15 is 0 Å². The van der Waals surface area contributed by atoms with E-state index in [0.717, 1.165) is 17.5 Å². The molecule has 1 unspecified atom stereocenters. The lowest BCUT2D eigenvalue weighted by Crippen LogP contribution is -2.21. The Kier molecular flexibility index (Phi) is 5.16. The quantitative estimate of drug-likeness (QED) is 0.482. The Labute approximate surface area is 157 Å². The van der Waals surface area contributed by atoms with Crippen LogP contribution >= 0.6 is 0 Å². The van der Waals surface area contributed by atoms with Gasteiger partial charge in [-0.3, -0.25) is 9.59 Å². The number of carbonyl (C=O) groups is 2. The highest BCUT2D eigenvalue weighted by Gasteiger charge is 2.39. The van der Waals surface area contributed by atoms with Crippen molar-refractivity contribution in [3.05, 3.63) is 64.7 Å². The number of carbonyl (C=O) groups excluding carboxylic acids is 2. The molecular formula is C21H21NO5. The molecule has 0 saturated carbocycles. The number of amides is 1. The number of hydrogen-bond acceptors (Lipinski definition) is 5. The lowest BCUT2D eigenvalue weighted by atomic mass is 9.95. The molecule has 1 aliphatic rings. The molecule has 1 amide bonds. The first-order valence-electron chi connectivity index (χ1n) is 8.59. The fourth-order valence-corrected chi connectivity index (χ4v) is 3.10. The maximum atomic E-state index is 12.4. The summed E-state index contributed by atoms with van der Waals surface area (Å²) >= 11 is 0. The van der Waals surface area contributed by atoms with Crippen molar-refractivity contribution in [3.63, 3.8) is 0 Å². The van der Waals surface area contributed by atoms with E-state index < -0.39 is 17.7 Å². The number of benzene rings is 2. The van der Waals surface area contributed by atoms with Crippen LogP contribution in [0.2, 0.25) is 0 Å². The third-order valence-electron chi connectivity index (χ3n) is 4.65. The minimum atomic E-state index is -0.744. The van der Waals surface area contributed by atoms with Crippen LogP contribution in [0, 0.1) is 0 Å². The fourth-order valence-electron chi connectivity index (χ4n) is 3.10. The highest BCUT2D eigenvalue weighted by atomic mass is 16.5. The molecule has 3 rings (SSSR count). The average molecular weight is 367 g/mol. The van der Waals surface area contributed by atoms with E-state index in [4.69, 9.17) is 9.47 Å². The van der Waals surface area contributed by atoms with Gasteiger partial charge in [-0.15, -0.1) is 0 Å². The van der Waals surface area contributed by atoms with Gasteiger partial charge < -0.3 is 19.9 Å². The van der Waals surface area contributed by atoms with Crippen LogP contribution in [-0.2, 0) is 16.0 Å². The molecule has 0 bridgehead atoms. The zero-order valence-electron chi connectivity index (χ0n) is 15.4. The SMILES string of the molecule is CCc1ccc(C2NC(=O)C(=O)C2=C(O)c2ccc(OC)c(OC)c2)cc1. The van der Waals surface area contributed by atoms with Crippen LogP contribution in [0.4, 0.5) is 0 Å². The normalized spacial score (nSPS) is 18.3. The second kappa shape index (κ2) is 7.53. The van der Waals surface area contributed by atoms with Gasteiger partial charge in [0.05, 0.1) is 25.8 Å². The van der Waals surface area contributed by atoms with Gasteiger partial charge in [0, 0.05) is 5.56 Å². The van der Waals surface area contributed by atoms with E-state index in [1.165, 1.54) is 14.2 Å². The van der Waals surface area contributed by atoms with E-state index in [2.05, 4.69) is 5.32 Å². The molecule has 1 atom stereocenters. The highest BCUT2D eigenvalue weighted by Crippen LogP contribution is 2.36. The summed E-state index contributed by atoms with van der Waals surface area (Å²) in [5.41, 5.74) is 2.26. The van der Waals surface area contributed by atoms with Crippen LogP contribution in [0.5, 0.6) is 11.5 Å². The molecule has 0 aliphatic carbocycles. The summed E-state index contributed by atoms with van der Waals surface area (Å²) in [7, 11) is 2.99. The van der Waals surface area contributed by atoms with Crippen molar-refractivity contribution in [2.24, 2.45) is 0 Å². The van der Waals surface area contributed by atoms with Gasteiger partial charge in [0.25, 0.3) is 11.7 Å². The standard InChI is InChI=1S/C21H21NO5/c1-4-12-5-7-13(8-6-12)18-17(20(24)21(25)22-18)19(23)14-9-10-15(26-2)16(11-14)27-3/h5-11,18,23H,4H2,1-3H3,(H,22,25). The van der Waals surface area contributed by atoms with Gasteiger partial charge in [0.1, 0.15) is 5.76 Å². The van der Waals surface area contributed by atoms with Crippen LogP contribution in [0.3, 0.4) is 0 Å². The minimum absolute atomic E-state index is 0.0245. The van der Waals surface area contributed by atoms with Crippen LogP contribution < -0.4 is 14.8 Å². The number of aliphatic hydroxyl groups excluding tert-OH is 1. The van der Waals surface area contributed by atoms with E-state index in [-0.39, 0.29) is 11.3 Å². The lowest BCUT2D eigenvalue weighted by Gasteiger charge is -2.15. The molecule has 6 heteroatoms. The Morgan fingerprint density at radius 2 is 1.70 bits per heavy atom.